The monoisotopic (exact) mass is 342 g/mol. The Balaban J connectivity index is 1.69. The van der Waals surface area contributed by atoms with Gasteiger partial charge in [0.1, 0.15) is 18.1 Å². The molecule has 0 bridgehead atoms. The third-order valence-corrected chi connectivity index (χ3v) is 5.00. The molecule has 2 aromatic rings. The summed E-state index contributed by atoms with van der Waals surface area (Å²) in [5, 5.41) is 7.10. The van der Waals surface area contributed by atoms with Gasteiger partial charge >= 0.3 is 0 Å². The normalized spacial score (nSPS) is 20.3. The maximum absolute atomic E-state index is 12.7. The lowest BCUT2D eigenvalue weighted by atomic mass is 9.86. The van der Waals surface area contributed by atoms with Crippen molar-refractivity contribution in [3.63, 3.8) is 0 Å². The maximum atomic E-state index is 12.7. The van der Waals surface area contributed by atoms with Crippen LogP contribution in [0.5, 0.6) is 5.75 Å². The quantitative estimate of drug-likeness (QED) is 0.885. The van der Waals surface area contributed by atoms with Gasteiger partial charge in [0.2, 0.25) is 0 Å². The van der Waals surface area contributed by atoms with Gasteiger partial charge < -0.3 is 14.6 Å². The van der Waals surface area contributed by atoms with Crippen LogP contribution in [0.2, 0.25) is 0 Å². The summed E-state index contributed by atoms with van der Waals surface area (Å²) >= 11 is 0. The molecule has 1 fully saturated rings. The zero-order valence-electron chi connectivity index (χ0n) is 15.2. The average molecular weight is 342 g/mol. The van der Waals surface area contributed by atoms with Gasteiger partial charge in [0.25, 0.3) is 5.91 Å². The number of nitrogens with zero attached hydrogens (tertiary/aromatic N) is 1. The standard InChI is InChI=1S/C20H26N2O3/c1-13-7-6-9-16(11-13)24-12-17-15(3)25-22-19(17)20(23)21-18-10-5-4-8-14(18)2/h6-7,9,11,14,18H,4-5,8,10,12H2,1-3H3,(H,21,23). The highest BCUT2D eigenvalue weighted by atomic mass is 16.5. The number of hydrogen-bond acceptors (Lipinski definition) is 4. The molecule has 1 amide bonds. The highest BCUT2D eigenvalue weighted by Gasteiger charge is 2.26. The van der Waals surface area contributed by atoms with Crippen molar-refractivity contribution in [1.29, 1.82) is 0 Å². The summed E-state index contributed by atoms with van der Waals surface area (Å²) in [7, 11) is 0. The van der Waals surface area contributed by atoms with Crippen LogP contribution < -0.4 is 10.1 Å². The van der Waals surface area contributed by atoms with Crippen molar-refractivity contribution in [2.45, 2.75) is 59.1 Å². The van der Waals surface area contributed by atoms with Crippen LogP contribution in [0.3, 0.4) is 0 Å². The predicted molar refractivity (Wildman–Crippen MR) is 95.6 cm³/mol. The minimum Gasteiger partial charge on any atom is -0.489 e. The number of ether oxygens (including phenoxy) is 1. The van der Waals surface area contributed by atoms with E-state index in [0.717, 1.165) is 30.6 Å². The highest BCUT2D eigenvalue weighted by Crippen LogP contribution is 2.25. The molecule has 5 nitrogen and oxygen atoms in total. The Kier molecular flexibility index (Phi) is 5.41. The summed E-state index contributed by atoms with van der Waals surface area (Å²) in [5.74, 6) is 1.72. The zero-order valence-corrected chi connectivity index (χ0v) is 15.2. The van der Waals surface area contributed by atoms with E-state index in [1.54, 1.807) is 0 Å². The molecule has 134 valence electrons. The van der Waals surface area contributed by atoms with Crippen LogP contribution in [0, 0.1) is 19.8 Å². The van der Waals surface area contributed by atoms with E-state index < -0.39 is 0 Å². The largest absolute Gasteiger partial charge is 0.489 e. The SMILES string of the molecule is Cc1cccc(OCc2c(C(=O)NC3CCCCC3C)noc2C)c1. The minimum atomic E-state index is -0.168. The molecule has 25 heavy (non-hydrogen) atoms. The first kappa shape index (κ1) is 17.5. The van der Waals surface area contributed by atoms with Gasteiger partial charge in [-0.1, -0.05) is 37.1 Å². The number of aryl methyl sites for hydroxylation is 2. The van der Waals surface area contributed by atoms with Crippen LogP contribution in [-0.4, -0.2) is 17.1 Å². The maximum Gasteiger partial charge on any atom is 0.274 e. The molecule has 1 saturated carbocycles. The molecule has 1 aromatic heterocycles. The summed E-state index contributed by atoms with van der Waals surface area (Å²) in [5.41, 5.74) is 2.18. The van der Waals surface area contributed by atoms with E-state index in [-0.39, 0.29) is 18.6 Å². The van der Waals surface area contributed by atoms with E-state index in [9.17, 15) is 4.79 Å². The van der Waals surface area contributed by atoms with E-state index in [4.69, 9.17) is 9.26 Å². The first-order chi connectivity index (χ1) is 12.0. The fraction of sp³-hybridized carbons (Fsp3) is 0.500. The van der Waals surface area contributed by atoms with Gasteiger partial charge in [-0.25, -0.2) is 0 Å². The van der Waals surface area contributed by atoms with Gasteiger partial charge in [0, 0.05) is 6.04 Å². The molecule has 0 aliphatic heterocycles. The first-order valence-electron chi connectivity index (χ1n) is 9.00. The number of aromatic nitrogens is 1. The van der Waals surface area contributed by atoms with Crippen molar-refractivity contribution in [2.24, 2.45) is 5.92 Å². The number of carbonyl (C=O) groups is 1. The molecular weight excluding hydrogens is 316 g/mol. The number of rotatable bonds is 5. The molecule has 5 heteroatoms. The van der Waals surface area contributed by atoms with E-state index in [2.05, 4.69) is 17.4 Å². The van der Waals surface area contributed by atoms with Gasteiger partial charge in [-0.3, -0.25) is 4.79 Å². The van der Waals surface area contributed by atoms with Crippen molar-refractivity contribution < 1.29 is 14.1 Å². The average Bonchev–Trinajstić information content (AvgIpc) is 2.96. The number of hydrogen-bond donors (Lipinski definition) is 1. The van der Waals surface area contributed by atoms with Crippen LogP contribution >= 0.6 is 0 Å². The minimum absolute atomic E-state index is 0.168. The van der Waals surface area contributed by atoms with Crippen LogP contribution in [0.25, 0.3) is 0 Å². The number of carbonyl (C=O) groups excluding carboxylic acids is 1. The van der Waals surface area contributed by atoms with Gasteiger partial charge in [-0.2, -0.15) is 0 Å². The smallest absolute Gasteiger partial charge is 0.274 e. The van der Waals surface area contributed by atoms with Crippen molar-refractivity contribution >= 4 is 5.91 Å². The predicted octanol–water partition coefficient (Wildman–Crippen LogP) is 4.18. The lowest BCUT2D eigenvalue weighted by Crippen LogP contribution is -2.41. The second-order valence-corrected chi connectivity index (χ2v) is 7.01. The highest BCUT2D eigenvalue weighted by molar-refractivity contribution is 5.94. The molecular formula is C20H26N2O3. The molecule has 0 saturated heterocycles. The molecule has 2 atom stereocenters. The topological polar surface area (TPSA) is 64.4 Å². The molecule has 3 rings (SSSR count). The fourth-order valence-corrected chi connectivity index (χ4v) is 3.37. The Bertz CT molecular complexity index is 738. The van der Waals surface area contributed by atoms with Gasteiger partial charge in [-0.15, -0.1) is 0 Å². The molecule has 1 aromatic carbocycles. The third kappa shape index (κ3) is 4.21. The van der Waals surface area contributed by atoms with Gasteiger partial charge in [0.15, 0.2) is 5.69 Å². The third-order valence-electron chi connectivity index (χ3n) is 5.00. The Hall–Kier alpha value is -2.30. The summed E-state index contributed by atoms with van der Waals surface area (Å²) in [4.78, 5) is 12.7. The number of benzene rings is 1. The van der Waals surface area contributed by atoms with Crippen molar-refractivity contribution in [2.75, 3.05) is 0 Å². The van der Waals surface area contributed by atoms with Crippen LogP contribution in [0.4, 0.5) is 0 Å². The summed E-state index contributed by atoms with van der Waals surface area (Å²) in [6, 6.07) is 8.04. The summed E-state index contributed by atoms with van der Waals surface area (Å²) in [6.07, 6.45) is 4.59. The number of nitrogens with one attached hydrogen (secondary N) is 1. The van der Waals surface area contributed by atoms with Gasteiger partial charge in [0.05, 0.1) is 5.56 Å². The molecule has 1 aliphatic rings. The van der Waals surface area contributed by atoms with Crippen molar-refractivity contribution in [1.82, 2.24) is 10.5 Å². The molecule has 2 unspecified atom stereocenters. The van der Waals surface area contributed by atoms with E-state index >= 15 is 0 Å². The zero-order chi connectivity index (χ0) is 17.8. The number of amides is 1. The Morgan fingerprint density at radius 2 is 2.12 bits per heavy atom. The summed E-state index contributed by atoms with van der Waals surface area (Å²) < 4.78 is 11.1. The van der Waals surface area contributed by atoms with E-state index in [1.807, 2.05) is 38.1 Å². The van der Waals surface area contributed by atoms with E-state index in [1.165, 1.54) is 6.42 Å². The lowest BCUT2D eigenvalue weighted by molar-refractivity contribution is 0.0899. The first-order valence-corrected chi connectivity index (χ1v) is 9.00. The molecule has 0 spiro atoms. The van der Waals surface area contributed by atoms with Gasteiger partial charge in [-0.05, 0) is 50.3 Å². The van der Waals surface area contributed by atoms with Crippen molar-refractivity contribution in [3.05, 3.63) is 46.8 Å². The van der Waals surface area contributed by atoms with Crippen LogP contribution in [0.15, 0.2) is 28.8 Å². The van der Waals surface area contributed by atoms with Crippen molar-refractivity contribution in [3.8, 4) is 5.75 Å². The molecule has 1 aliphatic carbocycles. The van der Waals surface area contributed by atoms with E-state index in [0.29, 0.717) is 22.9 Å². The Labute approximate surface area is 148 Å². The summed E-state index contributed by atoms with van der Waals surface area (Å²) in [6.45, 7) is 6.28. The molecule has 0 radical (unpaired) electrons. The Morgan fingerprint density at radius 3 is 2.88 bits per heavy atom. The fourth-order valence-electron chi connectivity index (χ4n) is 3.37. The van der Waals surface area contributed by atoms with Crippen LogP contribution in [0.1, 0.15) is 60.0 Å². The second-order valence-electron chi connectivity index (χ2n) is 7.01. The molecule has 1 N–H and O–H groups in total. The lowest BCUT2D eigenvalue weighted by Gasteiger charge is -2.29. The second kappa shape index (κ2) is 7.72. The molecule has 1 heterocycles. The van der Waals surface area contributed by atoms with Crippen LogP contribution in [-0.2, 0) is 6.61 Å². The Morgan fingerprint density at radius 1 is 1.32 bits per heavy atom.